The van der Waals surface area contributed by atoms with Crippen LogP contribution in [0.3, 0.4) is 0 Å². The molecule has 0 aliphatic carbocycles. The second-order valence-corrected chi connectivity index (χ2v) is 4.12. The monoisotopic (exact) mass is 257 g/mol. The van der Waals surface area contributed by atoms with Crippen molar-refractivity contribution in [1.29, 1.82) is 0 Å². The van der Waals surface area contributed by atoms with E-state index in [1.165, 1.54) is 0 Å². The van der Waals surface area contributed by atoms with Crippen molar-refractivity contribution >= 4 is 0 Å². The largest absolute Gasteiger partial charge is 0.497 e. The molecule has 2 aromatic rings. The molecule has 0 saturated carbocycles. The smallest absolute Gasteiger partial charge is 0.160 e. The standard InChI is InChI=1S/C16H17O3/c1-17-14-6-4-5-12(10-14)9-13-7-8-15(18-2)16(11-13)19-3/h4,6-8,10-11H,9H2,1-3H3. The second-order valence-electron chi connectivity index (χ2n) is 4.12. The van der Waals surface area contributed by atoms with E-state index in [1.54, 1.807) is 21.3 Å². The Kier molecular flexibility index (Phi) is 4.29. The number of rotatable bonds is 5. The summed E-state index contributed by atoms with van der Waals surface area (Å²) in [6.45, 7) is 0. The molecule has 0 heterocycles. The van der Waals surface area contributed by atoms with Crippen LogP contribution >= 0.6 is 0 Å². The molecule has 3 heteroatoms. The first-order valence-electron chi connectivity index (χ1n) is 6.02. The third kappa shape index (κ3) is 3.19. The molecule has 3 nitrogen and oxygen atoms in total. The Bertz CT molecular complexity index is 549. The van der Waals surface area contributed by atoms with Gasteiger partial charge >= 0.3 is 0 Å². The Morgan fingerprint density at radius 1 is 0.895 bits per heavy atom. The van der Waals surface area contributed by atoms with E-state index in [-0.39, 0.29) is 0 Å². The maximum atomic E-state index is 5.30. The third-order valence-electron chi connectivity index (χ3n) is 2.91. The summed E-state index contributed by atoms with van der Waals surface area (Å²) in [4.78, 5) is 0. The van der Waals surface area contributed by atoms with Gasteiger partial charge in [-0.2, -0.15) is 0 Å². The molecule has 2 aromatic carbocycles. The second kappa shape index (κ2) is 6.14. The lowest BCUT2D eigenvalue weighted by Crippen LogP contribution is -1.94. The number of ether oxygens (including phenoxy) is 3. The Morgan fingerprint density at radius 3 is 2.37 bits per heavy atom. The molecule has 99 valence electrons. The molecule has 0 aliphatic heterocycles. The lowest BCUT2D eigenvalue weighted by molar-refractivity contribution is 0.354. The summed E-state index contributed by atoms with van der Waals surface area (Å²) in [6, 6.07) is 14.9. The fourth-order valence-electron chi connectivity index (χ4n) is 1.93. The quantitative estimate of drug-likeness (QED) is 0.823. The van der Waals surface area contributed by atoms with Gasteiger partial charge in [0.05, 0.1) is 21.3 Å². The van der Waals surface area contributed by atoms with Gasteiger partial charge in [-0.3, -0.25) is 0 Å². The molecule has 0 fully saturated rings. The van der Waals surface area contributed by atoms with Crippen molar-refractivity contribution in [1.82, 2.24) is 0 Å². The minimum atomic E-state index is 0.737. The van der Waals surface area contributed by atoms with Gasteiger partial charge in [0.2, 0.25) is 0 Å². The summed E-state index contributed by atoms with van der Waals surface area (Å²) >= 11 is 0. The zero-order valence-electron chi connectivity index (χ0n) is 11.4. The van der Waals surface area contributed by atoms with Gasteiger partial charge in [-0.05, 0) is 47.9 Å². The molecule has 0 spiro atoms. The normalized spacial score (nSPS) is 10.1. The van der Waals surface area contributed by atoms with Crippen LogP contribution in [0.25, 0.3) is 0 Å². The van der Waals surface area contributed by atoms with Gasteiger partial charge in [-0.15, -0.1) is 0 Å². The molecule has 0 aliphatic rings. The van der Waals surface area contributed by atoms with Crippen LogP contribution in [0.4, 0.5) is 0 Å². The summed E-state index contributed by atoms with van der Waals surface area (Å²) in [5.41, 5.74) is 2.22. The van der Waals surface area contributed by atoms with Crippen LogP contribution in [0.15, 0.2) is 36.4 Å². The minimum Gasteiger partial charge on any atom is -0.497 e. The van der Waals surface area contributed by atoms with Crippen LogP contribution in [0.1, 0.15) is 11.1 Å². The summed E-state index contributed by atoms with van der Waals surface area (Å²) in [5, 5.41) is 0. The van der Waals surface area contributed by atoms with Crippen molar-refractivity contribution in [2.45, 2.75) is 6.42 Å². The highest BCUT2D eigenvalue weighted by Crippen LogP contribution is 2.28. The highest BCUT2D eigenvalue weighted by molar-refractivity contribution is 5.44. The van der Waals surface area contributed by atoms with Gasteiger partial charge in [0.15, 0.2) is 11.5 Å². The van der Waals surface area contributed by atoms with Crippen LogP contribution < -0.4 is 14.2 Å². The molecular formula is C16H17O3. The molecule has 0 atom stereocenters. The van der Waals surface area contributed by atoms with Crippen LogP contribution in [-0.2, 0) is 6.42 Å². The first-order valence-corrected chi connectivity index (χ1v) is 6.02. The summed E-state index contributed by atoms with van der Waals surface area (Å²) in [7, 11) is 4.93. The Labute approximate surface area is 113 Å². The fraction of sp³-hybridized carbons (Fsp3) is 0.250. The predicted octanol–water partition coefficient (Wildman–Crippen LogP) is 3.10. The van der Waals surface area contributed by atoms with E-state index >= 15 is 0 Å². The van der Waals surface area contributed by atoms with E-state index < -0.39 is 0 Å². The predicted molar refractivity (Wildman–Crippen MR) is 74.2 cm³/mol. The lowest BCUT2D eigenvalue weighted by Gasteiger charge is -2.10. The van der Waals surface area contributed by atoms with Gasteiger partial charge in [0.1, 0.15) is 5.75 Å². The van der Waals surface area contributed by atoms with Crippen molar-refractivity contribution < 1.29 is 14.2 Å². The van der Waals surface area contributed by atoms with Crippen molar-refractivity contribution in [3.8, 4) is 17.2 Å². The summed E-state index contributed by atoms with van der Waals surface area (Å²) in [6.07, 6.45) is 0.775. The number of hydrogen-bond acceptors (Lipinski definition) is 3. The zero-order valence-corrected chi connectivity index (χ0v) is 11.4. The van der Waals surface area contributed by atoms with Crippen molar-refractivity contribution in [3.05, 3.63) is 53.6 Å². The highest BCUT2D eigenvalue weighted by atomic mass is 16.5. The third-order valence-corrected chi connectivity index (χ3v) is 2.91. The van der Waals surface area contributed by atoms with E-state index in [2.05, 4.69) is 6.07 Å². The fourth-order valence-corrected chi connectivity index (χ4v) is 1.93. The molecule has 0 unspecified atom stereocenters. The van der Waals surface area contributed by atoms with Crippen LogP contribution in [0.5, 0.6) is 17.2 Å². The van der Waals surface area contributed by atoms with Gasteiger partial charge in [0.25, 0.3) is 0 Å². The SMILES string of the molecule is COc1cc[c]c(Cc2ccc(OC)c(OC)c2)c1. The summed E-state index contributed by atoms with van der Waals surface area (Å²) in [5.74, 6) is 2.32. The summed E-state index contributed by atoms with van der Waals surface area (Å²) < 4.78 is 15.7. The molecule has 0 bridgehead atoms. The molecule has 2 rings (SSSR count). The molecule has 0 N–H and O–H groups in total. The molecule has 0 saturated heterocycles. The lowest BCUT2D eigenvalue weighted by atomic mass is 10.0. The van der Waals surface area contributed by atoms with Crippen molar-refractivity contribution in [2.75, 3.05) is 21.3 Å². The average Bonchev–Trinajstić information content (AvgIpc) is 2.47. The molecular weight excluding hydrogens is 240 g/mol. The number of methoxy groups -OCH3 is 3. The van der Waals surface area contributed by atoms with Crippen LogP contribution in [0, 0.1) is 6.07 Å². The van der Waals surface area contributed by atoms with Gasteiger partial charge < -0.3 is 14.2 Å². The molecule has 1 radical (unpaired) electrons. The molecule has 19 heavy (non-hydrogen) atoms. The average molecular weight is 257 g/mol. The van der Waals surface area contributed by atoms with Crippen LogP contribution in [-0.4, -0.2) is 21.3 Å². The van der Waals surface area contributed by atoms with Gasteiger partial charge in [0, 0.05) is 0 Å². The van der Waals surface area contributed by atoms with Crippen molar-refractivity contribution in [2.24, 2.45) is 0 Å². The first-order chi connectivity index (χ1) is 9.26. The molecule has 0 aromatic heterocycles. The van der Waals surface area contributed by atoms with Crippen LogP contribution in [0.2, 0.25) is 0 Å². The van der Waals surface area contributed by atoms with E-state index in [1.807, 2.05) is 36.4 Å². The van der Waals surface area contributed by atoms with E-state index in [4.69, 9.17) is 14.2 Å². The van der Waals surface area contributed by atoms with Crippen molar-refractivity contribution in [3.63, 3.8) is 0 Å². The Morgan fingerprint density at radius 2 is 1.68 bits per heavy atom. The van der Waals surface area contributed by atoms with Gasteiger partial charge in [-0.1, -0.05) is 12.1 Å². The number of hydrogen-bond donors (Lipinski definition) is 0. The number of benzene rings is 2. The van der Waals surface area contributed by atoms with E-state index in [9.17, 15) is 0 Å². The topological polar surface area (TPSA) is 27.7 Å². The Hall–Kier alpha value is -2.16. The maximum absolute atomic E-state index is 5.30. The van der Waals surface area contributed by atoms with E-state index in [0.717, 1.165) is 34.8 Å². The highest BCUT2D eigenvalue weighted by Gasteiger charge is 2.05. The first kappa shape index (κ1) is 13.3. The minimum absolute atomic E-state index is 0.737. The zero-order chi connectivity index (χ0) is 13.7. The van der Waals surface area contributed by atoms with Gasteiger partial charge in [-0.25, -0.2) is 0 Å². The molecule has 0 amide bonds. The van der Waals surface area contributed by atoms with E-state index in [0.29, 0.717) is 0 Å². The Balaban J connectivity index is 2.22. The maximum Gasteiger partial charge on any atom is 0.160 e.